The Morgan fingerprint density at radius 1 is 1.50 bits per heavy atom. The fraction of sp³-hybridized carbons (Fsp3) is 0.615. The molecule has 1 aliphatic heterocycles. The molecule has 16 heavy (non-hydrogen) atoms. The Hall–Kier alpha value is -0.930. The summed E-state index contributed by atoms with van der Waals surface area (Å²) in [6.07, 6.45) is 4.45. The number of aromatic nitrogens is 1. The van der Waals surface area contributed by atoms with Crippen molar-refractivity contribution in [3.8, 4) is 0 Å². The van der Waals surface area contributed by atoms with Gasteiger partial charge in [0.05, 0.1) is 5.69 Å². The quantitative estimate of drug-likeness (QED) is 0.840. The zero-order valence-electron chi connectivity index (χ0n) is 10.2. The van der Waals surface area contributed by atoms with Crippen LogP contribution in [-0.2, 0) is 0 Å². The molecule has 2 heterocycles. The molecule has 1 saturated heterocycles. The van der Waals surface area contributed by atoms with Gasteiger partial charge in [0.2, 0.25) is 0 Å². The predicted octanol–water partition coefficient (Wildman–Crippen LogP) is 1.83. The van der Waals surface area contributed by atoms with Crippen LogP contribution in [0.3, 0.4) is 0 Å². The summed E-state index contributed by atoms with van der Waals surface area (Å²) in [4.78, 5) is 6.96. The third kappa shape index (κ3) is 2.60. The van der Waals surface area contributed by atoms with E-state index >= 15 is 0 Å². The lowest BCUT2D eigenvalue weighted by Crippen LogP contribution is -2.45. The topological polar surface area (TPSA) is 28.2 Å². The Balaban J connectivity index is 2.01. The number of rotatable bonds is 3. The second-order valence-corrected chi connectivity index (χ2v) is 4.55. The normalized spacial score (nSPS) is 24.2. The van der Waals surface area contributed by atoms with E-state index in [2.05, 4.69) is 41.3 Å². The number of hydrogen-bond acceptors (Lipinski definition) is 3. The molecule has 1 N–H and O–H groups in total. The number of nitrogens with zero attached hydrogens (tertiary/aromatic N) is 2. The van der Waals surface area contributed by atoms with Gasteiger partial charge in [0, 0.05) is 24.8 Å². The van der Waals surface area contributed by atoms with Crippen LogP contribution < -0.4 is 5.32 Å². The molecule has 0 aliphatic carbocycles. The largest absolute Gasteiger partial charge is 0.316 e. The van der Waals surface area contributed by atoms with Crippen molar-refractivity contribution < 1.29 is 0 Å². The summed E-state index contributed by atoms with van der Waals surface area (Å²) in [5.74, 6) is 0. The Kier molecular flexibility index (Phi) is 3.91. The van der Waals surface area contributed by atoms with Gasteiger partial charge in [0.25, 0.3) is 0 Å². The smallest absolute Gasteiger partial charge is 0.0572 e. The van der Waals surface area contributed by atoms with Gasteiger partial charge in [-0.2, -0.15) is 0 Å². The summed E-state index contributed by atoms with van der Waals surface area (Å²) in [6.45, 7) is 4.57. The lowest BCUT2D eigenvalue weighted by molar-refractivity contribution is 0.147. The lowest BCUT2D eigenvalue weighted by atomic mass is 10.0. The van der Waals surface area contributed by atoms with Crippen LogP contribution in [0.5, 0.6) is 0 Å². The second-order valence-electron chi connectivity index (χ2n) is 4.55. The van der Waals surface area contributed by atoms with Gasteiger partial charge in [-0.3, -0.25) is 9.88 Å². The Morgan fingerprint density at radius 2 is 2.38 bits per heavy atom. The molecule has 88 valence electrons. The lowest BCUT2D eigenvalue weighted by Gasteiger charge is -2.36. The molecular formula is C13H21N3. The summed E-state index contributed by atoms with van der Waals surface area (Å²) < 4.78 is 0. The highest BCUT2D eigenvalue weighted by atomic mass is 15.2. The summed E-state index contributed by atoms with van der Waals surface area (Å²) in [7, 11) is 2.06. The Bertz CT molecular complexity index is 312. The van der Waals surface area contributed by atoms with Crippen LogP contribution in [0.1, 0.15) is 31.5 Å². The van der Waals surface area contributed by atoms with E-state index in [1.807, 2.05) is 12.3 Å². The Labute approximate surface area is 97.9 Å². The van der Waals surface area contributed by atoms with Crippen LogP contribution in [0, 0.1) is 0 Å². The third-order valence-corrected chi connectivity index (χ3v) is 3.52. The second kappa shape index (κ2) is 5.41. The number of likely N-dealkylation sites (N-methyl/N-ethyl adjacent to an activating group) is 1. The molecule has 2 rings (SSSR count). The van der Waals surface area contributed by atoms with Gasteiger partial charge in [-0.05, 0) is 45.5 Å². The maximum absolute atomic E-state index is 4.44. The molecule has 1 aromatic heterocycles. The molecule has 3 heteroatoms. The van der Waals surface area contributed by atoms with E-state index in [0.29, 0.717) is 12.1 Å². The van der Waals surface area contributed by atoms with E-state index in [9.17, 15) is 0 Å². The number of piperidine rings is 1. The monoisotopic (exact) mass is 219 g/mol. The highest BCUT2D eigenvalue weighted by Crippen LogP contribution is 2.22. The molecule has 2 atom stereocenters. The zero-order chi connectivity index (χ0) is 11.4. The van der Waals surface area contributed by atoms with Crippen LogP contribution in [0.15, 0.2) is 24.4 Å². The maximum Gasteiger partial charge on any atom is 0.0572 e. The molecule has 0 bridgehead atoms. The molecule has 0 spiro atoms. The van der Waals surface area contributed by atoms with Crippen molar-refractivity contribution in [1.29, 1.82) is 0 Å². The van der Waals surface area contributed by atoms with Gasteiger partial charge in [0.1, 0.15) is 0 Å². The SMILES string of the molecule is CN[C@@H]1CCCN([C@@H](C)c2ccccn2)C1. The Morgan fingerprint density at radius 3 is 3.06 bits per heavy atom. The molecule has 3 nitrogen and oxygen atoms in total. The minimum atomic E-state index is 0.428. The molecule has 0 saturated carbocycles. The number of hydrogen-bond donors (Lipinski definition) is 1. The van der Waals surface area contributed by atoms with E-state index in [1.54, 1.807) is 0 Å². The van der Waals surface area contributed by atoms with Gasteiger partial charge in [-0.1, -0.05) is 6.07 Å². The molecule has 0 amide bonds. The maximum atomic E-state index is 4.44. The minimum absolute atomic E-state index is 0.428. The molecule has 0 radical (unpaired) electrons. The van der Waals surface area contributed by atoms with Crippen molar-refractivity contribution in [2.24, 2.45) is 0 Å². The van der Waals surface area contributed by atoms with Crippen LogP contribution in [0.25, 0.3) is 0 Å². The first-order valence-electron chi connectivity index (χ1n) is 6.13. The highest BCUT2D eigenvalue weighted by Gasteiger charge is 2.23. The summed E-state index contributed by atoms with van der Waals surface area (Å²) in [6, 6.07) is 7.23. The van der Waals surface area contributed by atoms with Crippen molar-refractivity contribution in [2.75, 3.05) is 20.1 Å². The first kappa shape index (κ1) is 11.6. The van der Waals surface area contributed by atoms with E-state index in [-0.39, 0.29) is 0 Å². The van der Waals surface area contributed by atoms with Crippen LogP contribution >= 0.6 is 0 Å². The van der Waals surface area contributed by atoms with Crippen LogP contribution in [0.2, 0.25) is 0 Å². The van der Waals surface area contributed by atoms with E-state index in [1.165, 1.54) is 25.1 Å². The van der Waals surface area contributed by atoms with Crippen molar-refractivity contribution in [3.63, 3.8) is 0 Å². The number of nitrogens with one attached hydrogen (secondary N) is 1. The van der Waals surface area contributed by atoms with E-state index in [0.717, 1.165) is 6.54 Å². The summed E-state index contributed by atoms with van der Waals surface area (Å²) in [5.41, 5.74) is 1.18. The summed E-state index contributed by atoms with van der Waals surface area (Å²) in [5, 5.41) is 3.38. The van der Waals surface area contributed by atoms with E-state index in [4.69, 9.17) is 0 Å². The van der Waals surface area contributed by atoms with Crippen LogP contribution in [0.4, 0.5) is 0 Å². The average Bonchev–Trinajstić information content (AvgIpc) is 2.39. The fourth-order valence-electron chi connectivity index (χ4n) is 2.40. The zero-order valence-corrected chi connectivity index (χ0v) is 10.2. The third-order valence-electron chi connectivity index (χ3n) is 3.52. The van der Waals surface area contributed by atoms with Gasteiger partial charge in [-0.25, -0.2) is 0 Å². The number of likely N-dealkylation sites (tertiary alicyclic amines) is 1. The molecule has 0 aromatic carbocycles. The molecule has 1 aromatic rings. The minimum Gasteiger partial charge on any atom is -0.316 e. The molecule has 1 fully saturated rings. The fourth-order valence-corrected chi connectivity index (χ4v) is 2.40. The summed E-state index contributed by atoms with van der Waals surface area (Å²) >= 11 is 0. The van der Waals surface area contributed by atoms with Gasteiger partial charge in [0.15, 0.2) is 0 Å². The molecule has 1 aliphatic rings. The van der Waals surface area contributed by atoms with Gasteiger partial charge < -0.3 is 5.32 Å². The first-order chi connectivity index (χ1) is 7.81. The molecule has 0 unspecified atom stereocenters. The average molecular weight is 219 g/mol. The predicted molar refractivity (Wildman–Crippen MR) is 66.3 cm³/mol. The highest BCUT2D eigenvalue weighted by molar-refractivity contribution is 5.08. The van der Waals surface area contributed by atoms with Crippen molar-refractivity contribution >= 4 is 0 Å². The first-order valence-corrected chi connectivity index (χ1v) is 6.13. The van der Waals surface area contributed by atoms with Crippen LogP contribution in [-0.4, -0.2) is 36.1 Å². The molecular weight excluding hydrogens is 198 g/mol. The van der Waals surface area contributed by atoms with E-state index < -0.39 is 0 Å². The van der Waals surface area contributed by atoms with Crippen molar-refractivity contribution in [3.05, 3.63) is 30.1 Å². The van der Waals surface area contributed by atoms with Crippen molar-refractivity contribution in [2.45, 2.75) is 31.8 Å². The van der Waals surface area contributed by atoms with Gasteiger partial charge >= 0.3 is 0 Å². The van der Waals surface area contributed by atoms with Crippen molar-refractivity contribution in [1.82, 2.24) is 15.2 Å². The van der Waals surface area contributed by atoms with Gasteiger partial charge in [-0.15, -0.1) is 0 Å². The number of pyridine rings is 1. The standard InChI is InChI=1S/C13H21N3/c1-11(13-7-3-4-8-15-13)16-9-5-6-12(10-16)14-2/h3-4,7-8,11-12,14H,5-6,9-10H2,1-2H3/t11-,12+/m0/s1.